The maximum atomic E-state index is 11.0. The normalized spacial score (nSPS) is 11.6. The molecule has 10 heteroatoms. The zero-order valence-electron chi connectivity index (χ0n) is 13.7. The molecule has 1 aromatic carbocycles. The number of rotatable bonds is 5. The zero-order chi connectivity index (χ0) is 18.5. The number of amides is 1. The summed E-state index contributed by atoms with van der Waals surface area (Å²) >= 11 is 0. The second kappa shape index (κ2) is 7.40. The van der Waals surface area contributed by atoms with Crippen LogP contribution in [-0.4, -0.2) is 31.3 Å². The van der Waals surface area contributed by atoms with Gasteiger partial charge in [0.05, 0.1) is 5.57 Å². The summed E-state index contributed by atoms with van der Waals surface area (Å²) in [5, 5.41) is 11.5. The largest absolute Gasteiger partial charge is 0.411 e. The van der Waals surface area contributed by atoms with Crippen LogP contribution in [0.4, 0.5) is 4.79 Å². The monoisotopic (exact) mass is 353 g/mol. The molecule has 26 heavy (non-hydrogen) atoms. The summed E-state index contributed by atoms with van der Waals surface area (Å²) in [6.07, 6.45) is -0.977. The van der Waals surface area contributed by atoms with Crippen molar-refractivity contribution in [2.24, 2.45) is 18.7 Å². The highest BCUT2D eigenvalue weighted by Crippen LogP contribution is 2.30. The lowest BCUT2D eigenvalue weighted by Crippen LogP contribution is -2.17. The Morgan fingerprint density at radius 1 is 1.12 bits per heavy atom. The fourth-order valence-corrected chi connectivity index (χ4v) is 2.36. The van der Waals surface area contributed by atoms with E-state index in [1.54, 1.807) is 19.2 Å². The molecule has 3 aromatic rings. The van der Waals surface area contributed by atoms with Crippen LogP contribution in [-0.2, 0) is 11.9 Å². The van der Waals surface area contributed by atoms with Crippen molar-refractivity contribution >= 4 is 17.4 Å². The first-order chi connectivity index (χ1) is 12.6. The Hall–Kier alpha value is -3.79. The van der Waals surface area contributed by atoms with E-state index in [1.807, 2.05) is 30.3 Å². The summed E-state index contributed by atoms with van der Waals surface area (Å²) in [5.74, 6) is 6.16. The van der Waals surface area contributed by atoms with Gasteiger partial charge in [-0.2, -0.15) is 5.90 Å². The van der Waals surface area contributed by atoms with Crippen molar-refractivity contribution in [2.45, 2.75) is 0 Å². The smallest absolute Gasteiger partial charge is 0.408 e. The molecule has 1 amide bonds. The number of hydrogen-bond donors (Lipinski definition) is 2. The highest BCUT2D eigenvalue weighted by atomic mass is 16.6. The van der Waals surface area contributed by atoms with Gasteiger partial charge < -0.3 is 15.3 Å². The van der Waals surface area contributed by atoms with E-state index in [1.165, 1.54) is 10.7 Å². The Bertz CT molecular complexity index is 953. The Morgan fingerprint density at radius 3 is 2.50 bits per heavy atom. The predicted molar refractivity (Wildman–Crippen MR) is 90.9 cm³/mol. The first kappa shape index (κ1) is 17.0. The Balaban J connectivity index is 2.23. The average molecular weight is 353 g/mol. The maximum Gasteiger partial charge on any atom is 0.411 e. The quantitative estimate of drug-likeness (QED) is 0.508. The predicted octanol–water partition coefficient (Wildman–Crippen LogP) is 0.869. The molecule has 3 rings (SSSR count). The van der Waals surface area contributed by atoms with Crippen LogP contribution in [0.2, 0.25) is 0 Å². The summed E-state index contributed by atoms with van der Waals surface area (Å²) in [5.41, 5.74) is 6.62. The highest BCUT2D eigenvalue weighted by Gasteiger charge is 2.21. The molecule has 10 nitrogen and oxygen atoms in total. The molecule has 2 heterocycles. The van der Waals surface area contributed by atoms with Crippen LogP contribution in [0.15, 0.2) is 48.5 Å². The number of carbonyl (C=O) groups excluding carboxylic acids is 1. The molecule has 2 aromatic heterocycles. The lowest BCUT2D eigenvalue weighted by Gasteiger charge is -2.13. The number of nitrogens with two attached hydrogens (primary N) is 2. The first-order valence-corrected chi connectivity index (χ1v) is 7.44. The molecule has 0 aliphatic rings. The molecule has 0 saturated carbocycles. The van der Waals surface area contributed by atoms with E-state index < -0.39 is 6.09 Å². The van der Waals surface area contributed by atoms with Crippen LogP contribution in [0.5, 0.6) is 5.88 Å². The zero-order valence-corrected chi connectivity index (χ0v) is 13.7. The molecule has 0 spiro atoms. The number of aryl methyl sites for hydroxylation is 1. The van der Waals surface area contributed by atoms with E-state index in [4.69, 9.17) is 21.2 Å². The standard InChI is InChI=1S/C16H15N7O3/c1-23-15(20-21-22-23)13(10-6-3-2-4-7-10)14(26-18)11-8-5-9-12(19-11)25-16(17)24/h2-9H,18H2,1H3,(H2,17,24)/b14-13-. The number of benzene rings is 1. The van der Waals surface area contributed by atoms with Gasteiger partial charge in [-0.15, -0.1) is 5.10 Å². The molecular weight excluding hydrogens is 338 g/mol. The number of tetrazole rings is 1. The minimum absolute atomic E-state index is 0.00746. The van der Waals surface area contributed by atoms with E-state index in [0.29, 0.717) is 17.1 Å². The third-order valence-corrected chi connectivity index (χ3v) is 3.41. The summed E-state index contributed by atoms with van der Waals surface area (Å²) in [6.45, 7) is 0. The van der Waals surface area contributed by atoms with Crippen molar-refractivity contribution in [1.29, 1.82) is 0 Å². The summed E-state index contributed by atoms with van der Waals surface area (Å²) < 4.78 is 6.29. The van der Waals surface area contributed by atoms with Crippen LogP contribution in [0, 0.1) is 0 Å². The molecular formula is C16H15N7O3. The number of aromatic nitrogens is 5. The van der Waals surface area contributed by atoms with Gasteiger partial charge in [-0.25, -0.2) is 14.5 Å². The van der Waals surface area contributed by atoms with Crippen molar-refractivity contribution in [2.75, 3.05) is 0 Å². The van der Waals surface area contributed by atoms with E-state index in [2.05, 4.69) is 20.5 Å². The summed E-state index contributed by atoms with van der Waals surface area (Å²) in [7, 11) is 1.69. The van der Waals surface area contributed by atoms with Crippen LogP contribution in [0.1, 0.15) is 17.1 Å². The number of hydrogen-bond acceptors (Lipinski definition) is 8. The van der Waals surface area contributed by atoms with E-state index in [-0.39, 0.29) is 11.6 Å². The minimum atomic E-state index is -0.977. The second-order valence-corrected chi connectivity index (χ2v) is 5.10. The summed E-state index contributed by atoms with van der Waals surface area (Å²) in [6, 6.07) is 14.0. The molecule has 4 N–H and O–H groups in total. The van der Waals surface area contributed by atoms with E-state index >= 15 is 0 Å². The van der Waals surface area contributed by atoms with Gasteiger partial charge in [0, 0.05) is 13.1 Å². The highest BCUT2D eigenvalue weighted by molar-refractivity contribution is 5.93. The SMILES string of the molecule is Cn1nnnc1/C(=C(\ON)c1cccc(OC(N)=O)n1)c1ccccc1. The minimum Gasteiger partial charge on any atom is -0.408 e. The third-order valence-electron chi connectivity index (χ3n) is 3.41. The number of carbonyl (C=O) groups is 1. The molecule has 132 valence electrons. The molecule has 0 atom stereocenters. The lowest BCUT2D eigenvalue weighted by molar-refractivity contribution is 0.209. The fraction of sp³-hybridized carbons (Fsp3) is 0.0625. The topological polar surface area (TPSA) is 144 Å². The Labute approximate surface area is 148 Å². The van der Waals surface area contributed by atoms with Crippen molar-refractivity contribution in [3.05, 3.63) is 65.6 Å². The van der Waals surface area contributed by atoms with Crippen molar-refractivity contribution in [1.82, 2.24) is 25.2 Å². The fourth-order valence-electron chi connectivity index (χ4n) is 2.36. The maximum absolute atomic E-state index is 11.0. The molecule has 0 unspecified atom stereocenters. The van der Waals surface area contributed by atoms with Gasteiger partial charge in [0.1, 0.15) is 5.69 Å². The van der Waals surface area contributed by atoms with Crippen molar-refractivity contribution < 1.29 is 14.4 Å². The Morgan fingerprint density at radius 2 is 1.88 bits per heavy atom. The molecule has 0 saturated heterocycles. The molecule has 0 bridgehead atoms. The molecule has 0 aliphatic heterocycles. The number of nitrogens with zero attached hydrogens (tertiary/aromatic N) is 5. The van der Waals surface area contributed by atoms with Crippen LogP contribution >= 0.6 is 0 Å². The Kier molecular flexibility index (Phi) is 4.85. The third kappa shape index (κ3) is 3.49. The second-order valence-electron chi connectivity index (χ2n) is 5.10. The van der Waals surface area contributed by atoms with Gasteiger partial charge >= 0.3 is 6.09 Å². The van der Waals surface area contributed by atoms with E-state index in [0.717, 1.165) is 5.56 Å². The molecule has 0 radical (unpaired) electrons. The van der Waals surface area contributed by atoms with Crippen LogP contribution in [0.3, 0.4) is 0 Å². The summed E-state index contributed by atoms with van der Waals surface area (Å²) in [4.78, 5) is 20.3. The van der Waals surface area contributed by atoms with Crippen molar-refractivity contribution in [3.8, 4) is 5.88 Å². The number of ether oxygens (including phenoxy) is 1. The molecule has 0 aliphatic carbocycles. The number of pyridine rings is 1. The van der Waals surface area contributed by atoms with Gasteiger partial charge in [-0.05, 0) is 22.1 Å². The van der Waals surface area contributed by atoms with Crippen LogP contribution < -0.4 is 16.4 Å². The average Bonchev–Trinajstić information content (AvgIpc) is 3.05. The van der Waals surface area contributed by atoms with Gasteiger partial charge in [0.2, 0.25) is 5.88 Å². The van der Waals surface area contributed by atoms with Crippen molar-refractivity contribution in [3.63, 3.8) is 0 Å². The van der Waals surface area contributed by atoms with Gasteiger partial charge in [-0.1, -0.05) is 36.4 Å². The van der Waals surface area contributed by atoms with E-state index in [9.17, 15) is 4.79 Å². The van der Waals surface area contributed by atoms with Crippen LogP contribution in [0.25, 0.3) is 11.3 Å². The molecule has 0 fully saturated rings. The first-order valence-electron chi connectivity index (χ1n) is 7.44. The van der Waals surface area contributed by atoms with Gasteiger partial charge in [-0.3, -0.25) is 0 Å². The van der Waals surface area contributed by atoms with Gasteiger partial charge in [0.15, 0.2) is 11.6 Å². The van der Waals surface area contributed by atoms with Gasteiger partial charge in [0.25, 0.3) is 0 Å². The lowest BCUT2D eigenvalue weighted by atomic mass is 10.0. The number of primary amides is 1.